The number of benzene rings is 1. The van der Waals surface area contributed by atoms with Gasteiger partial charge in [-0.2, -0.15) is 0 Å². The van der Waals surface area contributed by atoms with Gasteiger partial charge < -0.3 is 9.84 Å². The minimum absolute atomic E-state index is 0.106. The van der Waals surface area contributed by atoms with E-state index < -0.39 is 16.1 Å². The van der Waals surface area contributed by atoms with E-state index in [4.69, 9.17) is 9.84 Å². The van der Waals surface area contributed by atoms with Crippen LogP contribution in [0.2, 0.25) is 0 Å². The van der Waals surface area contributed by atoms with Crippen LogP contribution < -0.4 is 9.46 Å². The molecule has 0 aromatic heterocycles. The monoisotopic (exact) mass is 337 g/mol. The van der Waals surface area contributed by atoms with Crippen molar-refractivity contribution in [1.29, 1.82) is 0 Å². The average molecular weight is 338 g/mol. The van der Waals surface area contributed by atoms with Crippen molar-refractivity contribution in [3.8, 4) is 5.75 Å². The molecule has 0 amide bonds. The van der Waals surface area contributed by atoms with Gasteiger partial charge in [0.2, 0.25) is 10.0 Å². The van der Waals surface area contributed by atoms with Crippen molar-refractivity contribution in [2.75, 3.05) is 13.7 Å². The molecule has 5 nitrogen and oxygen atoms in total. The number of ether oxygens (including phenoxy) is 1. The fourth-order valence-electron chi connectivity index (χ4n) is 1.34. The topological polar surface area (TPSA) is 75.6 Å². The van der Waals surface area contributed by atoms with Crippen LogP contribution in [-0.4, -0.2) is 33.3 Å². The number of halogens is 1. The molecule has 1 aromatic carbocycles. The van der Waals surface area contributed by atoms with Gasteiger partial charge >= 0.3 is 0 Å². The highest BCUT2D eigenvalue weighted by Crippen LogP contribution is 2.27. The van der Waals surface area contributed by atoms with Crippen LogP contribution in [0.5, 0.6) is 5.75 Å². The van der Waals surface area contributed by atoms with E-state index in [0.29, 0.717) is 16.6 Å². The van der Waals surface area contributed by atoms with Gasteiger partial charge in [0.25, 0.3) is 0 Å². The molecule has 1 aromatic rings. The van der Waals surface area contributed by atoms with E-state index in [1.807, 2.05) is 0 Å². The van der Waals surface area contributed by atoms with Crippen molar-refractivity contribution in [2.24, 2.45) is 0 Å². The Morgan fingerprint density at radius 1 is 1.50 bits per heavy atom. The summed E-state index contributed by atoms with van der Waals surface area (Å²) >= 11 is 3.26. The number of methoxy groups -OCH3 is 1. The Kier molecular flexibility index (Phi) is 5.58. The van der Waals surface area contributed by atoms with Crippen molar-refractivity contribution >= 4 is 26.0 Å². The minimum Gasteiger partial charge on any atom is -0.496 e. The molecule has 0 saturated carbocycles. The second kappa shape index (κ2) is 6.51. The molecule has 0 aliphatic heterocycles. The predicted octanol–water partition coefficient (Wildman–Crippen LogP) is 1.51. The molecule has 7 heteroatoms. The van der Waals surface area contributed by atoms with Crippen molar-refractivity contribution in [2.45, 2.75) is 24.3 Å². The molecule has 18 heavy (non-hydrogen) atoms. The molecule has 0 radical (unpaired) electrons. The highest BCUT2D eigenvalue weighted by atomic mass is 79.9. The first-order chi connectivity index (χ1) is 8.44. The van der Waals surface area contributed by atoms with Gasteiger partial charge in [-0.25, -0.2) is 13.1 Å². The fraction of sp³-hybridized carbons (Fsp3) is 0.455. The van der Waals surface area contributed by atoms with E-state index in [9.17, 15) is 8.42 Å². The van der Waals surface area contributed by atoms with E-state index in [0.717, 1.165) is 0 Å². The van der Waals surface area contributed by atoms with E-state index in [1.54, 1.807) is 13.0 Å². The van der Waals surface area contributed by atoms with Crippen LogP contribution in [0.1, 0.15) is 13.3 Å². The Hall–Kier alpha value is -0.630. The van der Waals surface area contributed by atoms with Gasteiger partial charge in [0.05, 0.1) is 23.1 Å². The molecule has 1 atom stereocenters. The predicted molar refractivity (Wildman–Crippen MR) is 72.2 cm³/mol. The Balaban J connectivity index is 3.05. The lowest BCUT2D eigenvalue weighted by atomic mass is 10.3. The van der Waals surface area contributed by atoms with Gasteiger partial charge in [-0.1, -0.05) is 6.92 Å². The Labute approximate surface area is 115 Å². The molecule has 2 N–H and O–H groups in total. The minimum atomic E-state index is -3.64. The molecule has 0 fully saturated rings. The molecule has 0 heterocycles. The van der Waals surface area contributed by atoms with E-state index >= 15 is 0 Å². The van der Waals surface area contributed by atoms with E-state index in [1.165, 1.54) is 19.2 Å². The highest BCUT2D eigenvalue weighted by molar-refractivity contribution is 9.10. The lowest BCUT2D eigenvalue weighted by Gasteiger charge is -2.15. The summed E-state index contributed by atoms with van der Waals surface area (Å²) in [4.78, 5) is 0.106. The van der Waals surface area contributed by atoms with Crippen molar-refractivity contribution in [3.05, 3.63) is 22.7 Å². The van der Waals surface area contributed by atoms with Crippen LogP contribution in [0, 0.1) is 0 Å². The van der Waals surface area contributed by atoms with Crippen LogP contribution >= 0.6 is 15.9 Å². The summed E-state index contributed by atoms with van der Waals surface area (Å²) in [7, 11) is -2.18. The first kappa shape index (κ1) is 15.4. The maximum Gasteiger partial charge on any atom is 0.241 e. The quantitative estimate of drug-likeness (QED) is 0.824. The summed E-state index contributed by atoms with van der Waals surface area (Å²) in [5, 5.41) is 9.02. The molecule has 0 aliphatic carbocycles. The molecular weight excluding hydrogens is 322 g/mol. The second-order valence-corrected chi connectivity index (χ2v) is 6.27. The van der Waals surface area contributed by atoms with Crippen LogP contribution in [-0.2, 0) is 10.0 Å². The third kappa shape index (κ3) is 3.68. The van der Waals surface area contributed by atoms with Gasteiger partial charge in [-0.3, -0.25) is 0 Å². The largest absolute Gasteiger partial charge is 0.496 e. The summed E-state index contributed by atoms with van der Waals surface area (Å²) in [5.41, 5.74) is 0. The maximum absolute atomic E-state index is 12.0. The Morgan fingerprint density at radius 2 is 2.17 bits per heavy atom. The number of hydrogen-bond acceptors (Lipinski definition) is 4. The number of aliphatic hydroxyl groups excluding tert-OH is 1. The van der Waals surface area contributed by atoms with Gasteiger partial charge in [0.15, 0.2) is 0 Å². The smallest absolute Gasteiger partial charge is 0.241 e. The zero-order chi connectivity index (χ0) is 13.8. The number of sulfonamides is 1. The van der Waals surface area contributed by atoms with E-state index in [-0.39, 0.29) is 11.5 Å². The average Bonchev–Trinajstić information content (AvgIpc) is 2.36. The summed E-state index contributed by atoms with van der Waals surface area (Å²) in [6, 6.07) is 4.02. The summed E-state index contributed by atoms with van der Waals surface area (Å²) in [6.45, 7) is 1.56. The van der Waals surface area contributed by atoms with E-state index in [2.05, 4.69) is 20.7 Å². The van der Waals surface area contributed by atoms with Crippen LogP contribution in [0.3, 0.4) is 0 Å². The van der Waals surface area contributed by atoms with Gasteiger partial charge in [0.1, 0.15) is 5.75 Å². The zero-order valence-corrected chi connectivity index (χ0v) is 12.6. The lowest BCUT2D eigenvalue weighted by molar-refractivity contribution is 0.254. The third-order valence-corrected chi connectivity index (χ3v) is 4.64. The molecule has 0 spiro atoms. The first-order valence-electron chi connectivity index (χ1n) is 5.41. The van der Waals surface area contributed by atoms with Crippen LogP contribution in [0.15, 0.2) is 27.6 Å². The standard InChI is InChI=1S/C11H16BrNO4S/c1-3-8(7-14)13-18(15,16)9-4-5-10(12)11(6-9)17-2/h4-6,8,13-14H,3,7H2,1-2H3/t8-/m0/s1. The number of nitrogens with one attached hydrogen (secondary N) is 1. The van der Waals surface area contributed by atoms with Gasteiger partial charge in [-0.15, -0.1) is 0 Å². The third-order valence-electron chi connectivity index (χ3n) is 2.47. The summed E-state index contributed by atoms with van der Waals surface area (Å²) in [6.07, 6.45) is 0.517. The lowest BCUT2D eigenvalue weighted by Crippen LogP contribution is -2.36. The molecule has 0 saturated heterocycles. The van der Waals surface area contributed by atoms with Gasteiger partial charge in [0, 0.05) is 12.1 Å². The highest BCUT2D eigenvalue weighted by Gasteiger charge is 2.19. The molecular formula is C11H16BrNO4S. The number of aliphatic hydroxyl groups is 1. The first-order valence-corrected chi connectivity index (χ1v) is 7.69. The maximum atomic E-state index is 12.0. The zero-order valence-electron chi connectivity index (χ0n) is 10.2. The van der Waals surface area contributed by atoms with Gasteiger partial charge in [-0.05, 0) is 34.5 Å². The molecule has 0 aliphatic rings. The Bertz CT molecular complexity index is 500. The normalized spacial score (nSPS) is 13.3. The molecule has 0 bridgehead atoms. The summed E-state index contributed by atoms with van der Waals surface area (Å²) < 4.78 is 32.3. The van der Waals surface area contributed by atoms with Crippen LogP contribution in [0.25, 0.3) is 0 Å². The summed E-state index contributed by atoms with van der Waals surface area (Å²) in [5.74, 6) is 0.440. The molecule has 102 valence electrons. The number of hydrogen-bond donors (Lipinski definition) is 2. The van der Waals surface area contributed by atoms with Crippen LogP contribution in [0.4, 0.5) is 0 Å². The fourth-order valence-corrected chi connectivity index (χ4v) is 3.08. The molecule has 0 unspecified atom stereocenters. The van der Waals surface area contributed by atoms with Crippen molar-refractivity contribution in [1.82, 2.24) is 4.72 Å². The van der Waals surface area contributed by atoms with Crippen molar-refractivity contribution < 1.29 is 18.3 Å². The Morgan fingerprint density at radius 3 is 2.67 bits per heavy atom. The SMILES string of the molecule is CC[C@@H](CO)NS(=O)(=O)c1ccc(Br)c(OC)c1. The number of rotatable bonds is 6. The van der Waals surface area contributed by atoms with Crippen molar-refractivity contribution in [3.63, 3.8) is 0 Å². The second-order valence-electron chi connectivity index (χ2n) is 3.71. The molecule has 1 rings (SSSR count).